The first-order valence-corrected chi connectivity index (χ1v) is 14.4. The Bertz CT molecular complexity index is 1500. The van der Waals surface area contributed by atoms with Gasteiger partial charge in [-0.3, -0.25) is 9.78 Å². The highest BCUT2D eigenvalue weighted by molar-refractivity contribution is 9.10. The standard InChI is InChI=1S/C27H25BrN2O7S/c1-35-20-15-29-16-21-23(20)26(32)25(31)24(38(33,34)30-11-13-36-14-12-30)22(17-5-3-2-4-6-17)27(26,37-21)18-7-9-19(28)10-8-18/h2-10,15-16,22,24,32H,11-14H2,1H3. The Morgan fingerprint density at radius 3 is 2.42 bits per heavy atom. The van der Waals surface area contributed by atoms with Gasteiger partial charge in [0.05, 0.1) is 44.2 Å². The number of rotatable bonds is 5. The molecule has 38 heavy (non-hydrogen) atoms. The average molecular weight is 601 g/mol. The van der Waals surface area contributed by atoms with Gasteiger partial charge < -0.3 is 19.3 Å². The highest BCUT2D eigenvalue weighted by atomic mass is 79.9. The predicted octanol–water partition coefficient (Wildman–Crippen LogP) is 2.73. The number of nitrogens with zero attached hydrogens (tertiary/aromatic N) is 2. The molecule has 9 nitrogen and oxygen atoms in total. The topological polar surface area (TPSA) is 115 Å². The van der Waals surface area contributed by atoms with E-state index in [0.717, 1.165) is 4.47 Å². The first-order valence-electron chi connectivity index (χ1n) is 12.1. The zero-order valence-corrected chi connectivity index (χ0v) is 22.8. The van der Waals surface area contributed by atoms with Crippen LogP contribution in [0, 0.1) is 0 Å². The number of ether oxygens (including phenoxy) is 3. The van der Waals surface area contributed by atoms with Gasteiger partial charge in [-0.05, 0) is 23.3 Å². The molecule has 4 atom stereocenters. The van der Waals surface area contributed by atoms with Crippen molar-refractivity contribution in [2.24, 2.45) is 0 Å². The van der Waals surface area contributed by atoms with Crippen molar-refractivity contribution in [1.82, 2.24) is 9.29 Å². The summed E-state index contributed by atoms with van der Waals surface area (Å²) in [5.74, 6) is -1.68. The zero-order chi connectivity index (χ0) is 26.7. The molecule has 1 N–H and O–H groups in total. The molecule has 3 heterocycles. The first kappa shape index (κ1) is 25.4. The second-order valence-electron chi connectivity index (χ2n) is 9.50. The predicted molar refractivity (Wildman–Crippen MR) is 140 cm³/mol. The molecule has 0 bridgehead atoms. The zero-order valence-electron chi connectivity index (χ0n) is 20.4. The number of sulfonamides is 1. The molecular formula is C27H25BrN2O7S. The lowest BCUT2D eigenvalue weighted by Gasteiger charge is -2.39. The molecule has 4 unspecified atom stereocenters. The molecule has 1 saturated carbocycles. The lowest BCUT2D eigenvalue weighted by molar-refractivity contribution is -0.151. The molecule has 6 rings (SSSR count). The van der Waals surface area contributed by atoms with Crippen LogP contribution in [0.4, 0.5) is 0 Å². The van der Waals surface area contributed by atoms with Crippen molar-refractivity contribution in [2.75, 3.05) is 33.4 Å². The van der Waals surface area contributed by atoms with Crippen LogP contribution >= 0.6 is 15.9 Å². The van der Waals surface area contributed by atoms with E-state index in [-0.39, 0.29) is 43.4 Å². The number of hydrogen-bond acceptors (Lipinski definition) is 8. The Hall–Kier alpha value is -2.83. The summed E-state index contributed by atoms with van der Waals surface area (Å²) in [6.07, 6.45) is 2.79. The largest absolute Gasteiger partial charge is 0.495 e. The third-order valence-corrected chi connectivity index (χ3v) is 10.4. The quantitative estimate of drug-likeness (QED) is 0.475. The number of carbonyl (C=O) groups is 1. The maximum Gasteiger partial charge on any atom is 0.225 e. The maximum absolute atomic E-state index is 14.6. The summed E-state index contributed by atoms with van der Waals surface area (Å²) in [6, 6.07) is 15.9. The van der Waals surface area contributed by atoms with Crippen LogP contribution in [0.25, 0.3) is 0 Å². The van der Waals surface area contributed by atoms with E-state index in [1.54, 1.807) is 48.5 Å². The van der Waals surface area contributed by atoms with Gasteiger partial charge in [-0.1, -0.05) is 58.4 Å². The van der Waals surface area contributed by atoms with Crippen LogP contribution < -0.4 is 9.47 Å². The summed E-state index contributed by atoms with van der Waals surface area (Å²) in [5.41, 5.74) is -3.16. The number of fused-ring (bicyclic) bond motifs is 3. The molecule has 11 heteroatoms. The summed E-state index contributed by atoms with van der Waals surface area (Å²) in [5, 5.41) is 11.1. The van der Waals surface area contributed by atoms with Crippen molar-refractivity contribution in [3.63, 3.8) is 0 Å². The smallest absolute Gasteiger partial charge is 0.225 e. The van der Waals surface area contributed by atoms with Gasteiger partial charge in [-0.15, -0.1) is 0 Å². The molecule has 0 spiro atoms. The molecule has 3 aliphatic rings. The van der Waals surface area contributed by atoms with Gasteiger partial charge in [0.2, 0.25) is 15.6 Å². The van der Waals surface area contributed by atoms with Crippen molar-refractivity contribution in [3.8, 4) is 11.5 Å². The number of aliphatic hydroxyl groups is 1. The minimum Gasteiger partial charge on any atom is -0.495 e. The fraction of sp³-hybridized carbons (Fsp3) is 0.333. The van der Waals surface area contributed by atoms with Crippen LogP contribution in [0.5, 0.6) is 11.5 Å². The van der Waals surface area contributed by atoms with Crippen molar-refractivity contribution in [1.29, 1.82) is 0 Å². The van der Waals surface area contributed by atoms with Crippen molar-refractivity contribution < 1.29 is 32.5 Å². The average Bonchev–Trinajstić information content (AvgIpc) is 3.33. The lowest BCUT2D eigenvalue weighted by Crippen LogP contribution is -2.50. The Morgan fingerprint density at radius 1 is 1.08 bits per heavy atom. The van der Waals surface area contributed by atoms with E-state index in [0.29, 0.717) is 11.1 Å². The van der Waals surface area contributed by atoms with Crippen LogP contribution in [0.2, 0.25) is 0 Å². The van der Waals surface area contributed by atoms with Crippen LogP contribution in [0.1, 0.15) is 22.6 Å². The first-order chi connectivity index (χ1) is 18.3. The number of aromatic nitrogens is 1. The second kappa shape index (κ2) is 9.13. The number of pyridine rings is 1. The lowest BCUT2D eigenvalue weighted by atomic mass is 9.71. The van der Waals surface area contributed by atoms with Crippen LogP contribution in [-0.4, -0.2) is 67.3 Å². The van der Waals surface area contributed by atoms with Gasteiger partial charge in [-0.25, -0.2) is 8.42 Å². The Morgan fingerprint density at radius 2 is 1.76 bits per heavy atom. The summed E-state index contributed by atoms with van der Waals surface area (Å²) >= 11 is 3.44. The summed E-state index contributed by atoms with van der Waals surface area (Å²) in [7, 11) is -2.87. The number of ketones is 1. The molecular weight excluding hydrogens is 576 g/mol. The van der Waals surface area contributed by atoms with E-state index >= 15 is 0 Å². The maximum atomic E-state index is 14.6. The highest BCUT2D eigenvalue weighted by Crippen LogP contribution is 2.67. The van der Waals surface area contributed by atoms with Crippen molar-refractivity contribution in [2.45, 2.75) is 22.4 Å². The number of Topliss-reactive ketones (excluding diaryl/α,β-unsaturated/α-hetero) is 1. The normalized spacial score (nSPS) is 29.0. The van der Waals surface area contributed by atoms with Gasteiger partial charge in [0, 0.05) is 17.6 Å². The van der Waals surface area contributed by atoms with E-state index in [4.69, 9.17) is 14.2 Å². The van der Waals surface area contributed by atoms with Gasteiger partial charge in [0.1, 0.15) is 16.7 Å². The van der Waals surface area contributed by atoms with Crippen LogP contribution in [0.3, 0.4) is 0 Å². The van der Waals surface area contributed by atoms with E-state index in [1.165, 1.54) is 23.8 Å². The summed E-state index contributed by atoms with van der Waals surface area (Å²) < 4.78 is 48.1. The molecule has 1 aliphatic carbocycles. The number of benzene rings is 2. The van der Waals surface area contributed by atoms with Crippen molar-refractivity contribution >= 4 is 31.7 Å². The van der Waals surface area contributed by atoms with E-state index in [1.807, 2.05) is 6.07 Å². The molecule has 3 aromatic rings. The third-order valence-electron chi connectivity index (χ3n) is 7.70. The number of halogens is 1. The Balaban J connectivity index is 1.69. The van der Waals surface area contributed by atoms with Gasteiger partial charge in [0.25, 0.3) is 0 Å². The van der Waals surface area contributed by atoms with Crippen molar-refractivity contribution in [3.05, 3.63) is 88.2 Å². The number of hydrogen-bond donors (Lipinski definition) is 1. The summed E-state index contributed by atoms with van der Waals surface area (Å²) in [4.78, 5) is 18.8. The van der Waals surface area contributed by atoms with Gasteiger partial charge >= 0.3 is 0 Å². The second-order valence-corrected chi connectivity index (χ2v) is 12.5. The molecule has 0 radical (unpaired) electrons. The third kappa shape index (κ3) is 3.35. The van der Waals surface area contributed by atoms with Crippen LogP contribution in [-0.2, 0) is 30.8 Å². The van der Waals surface area contributed by atoms with E-state index in [9.17, 15) is 18.3 Å². The Labute approximate surface area is 228 Å². The van der Waals surface area contributed by atoms with E-state index in [2.05, 4.69) is 20.9 Å². The molecule has 1 aromatic heterocycles. The fourth-order valence-electron chi connectivity index (χ4n) is 6.09. The molecule has 1 saturated heterocycles. The van der Waals surface area contributed by atoms with Crippen LogP contribution in [0.15, 0.2) is 71.5 Å². The monoisotopic (exact) mass is 600 g/mol. The molecule has 2 fully saturated rings. The number of carbonyl (C=O) groups excluding carboxylic acids is 1. The minimum atomic E-state index is -4.27. The minimum absolute atomic E-state index is 0.0727. The summed E-state index contributed by atoms with van der Waals surface area (Å²) in [6.45, 7) is 0.665. The SMILES string of the molecule is COc1cncc2c1C1(O)C(=O)C(S(=O)(=O)N3CCOCC3)C(c3ccccc3)C1(c1ccc(Br)cc1)O2. The number of methoxy groups -OCH3 is 1. The Kier molecular flexibility index (Phi) is 6.11. The van der Waals surface area contributed by atoms with Gasteiger partial charge in [-0.2, -0.15) is 4.31 Å². The molecule has 198 valence electrons. The molecule has 2 aromatic carbocycles. The van der Waals surface area contributed by atoms with Gasteiger partial charge in [0.15, 0.2) is 11.4 Å². The van der Waals surface area contributed by atoms with E-state index < -0.39 is 38.2 Å². The highest BCUT2D eigenvalue weighted by Gasteiger charge is 2.79. The molecule has 2 aliphatic heterocycles. The fourth-order valence-corrected chi connectivity index (χ4v) is 8.47. The number of morpholine rings is 1. The molecule has 0 amide bonds.